The van der Waals surface area contributed by atoms with E-state index in [1.807, 2.05) is 37.3 Å². The molecular weight excluding hydrogens is 494 g/mol. The Hall–Kier alpha value is -2.82. The van der Waals surface area contributed by atoms with Crippen LogP contribution < -0.4 is 15.1 Å². The van der Waals surface area contributed by atoms with Crippen molar-refractivity contribution >= 4 is 28.8 Å². The first-order chi connectivity index (χ1) is 18.3. The van der Waals surface area contributed by atoms with Gasteiger partial charge >= 0.3 is 0 Å². The average Bonchev–Trinajstić information content (AvgIpc) is 3.05. The van der Waals surface area contributed by atoms with E-state index < -0.39 is 24.4 Å². The van der Waals surface area contributed by atoms with Crippen LogP contribution in [0, 0.1) is 5.92 Å². The molecule has 4 atom stereocenters. The molecule has 2 unspecified atom stereocenters. The highest BCUT2D eigenvalue weighted by molar-refractivity contribution is 6.00. The number of nitrogens with one attached hydrogen (secondary N) is 1. The molecule has 2 aliphatic heterocycles. The predicted octanol–water partition coefficient (Wildman–Crippen LogP) is 5.00. The number of benzene rings is 1. The number of hydrogen-bond donors (Lipinski definition) is 1. The Labute approximate surface area is 223 Å². The topological polar surface area (TPSA) is 76.2 Å². The summed E-state index contributed by atoms with van der Waals surface area (Å²) in [5, 5.41) is 3.36. The van der Waals surface area contributed by atoms with E-state index in [4.69, 9.17) is 14.2 Å². The van der Waals surface area contributed by atoms with Crippen molar-refractivity contribution in [1.29, 1.82) is 0 Å². The van der Waals surface area contributed by atoms with Crippen LogP contribution in [0.15, 0.2) is 36.5 Å². The summed E-state index contributed by atoms with van der Waals surface area (Å²) < 4.78 is 46.5. The summed E-state index contributed by atoms with van der Waals surface area (Å²) in [6.45, 7) is 6.03. The van der Waals surface area contributed by atoms with Gasteiger partial charge in [0.2, 0.25) is 5.91 Å². The van der Waals surface area contributed by atoms with Gasteiger partial charge in [0.25, 0.3) is 5.92 Å². The minimum atomic E-state index is -3.05. The molecule has 208 valence electrons. The zero-order valence-electron chi connectivity index (χ0n) is 22.2. The third kappa shape index (κ3) is 5.48. The molecule has 1 saturated carbocycles. The number of pyridine rings is 1. The van der Waals surface area contributed by atoms with Crippen molar-refractivity contribution < 1.29 is 29.2 Å². The van der Waals surface area contributed by atoms with Crippen LogP contribution >= 0.6 is 0 Å². The van der Waals surface area contributed by atoms with Crippen molar-refractivity contribution in [2.75, 3.05) is 48.5 Å². The van der Waals surface area contributed by atoms with Gasteiger partial charge in [0.1, 0.15) is 11.9 Å². The van der Waals surface area contributed by atoms with Gasteiger partial charge in [-0.1, -0.05) is 6.07 Å². The molecule has 38 heavy (non-hydrogen) atoms. The van der Waals surface area contributed by atoms with E-state index >= 15 is 0 Å². The van der Waals surface area contributed by atoms with Gasteiger partial charge in [0.05, 0.1) is 36.7 Å². The monoisotopic (exact) mass is 532 g/mol. The van der Waals surface area contributed by atoms with Crippen LogP contribution in [0.25, 0.3) is 0 Å². The molecule has 3 heterocycles. The van der Waals surface area contributed by atoms with Gasteiger partial charge in [-0.15, -0.1) is 0 Å². The maximum atomic E-state index is 14.9. The SMILES string of the molecule is CCO[C@H]1CC[C@@H](C(=O)N2Cc3cccnc3Nc3ccc(N4CC(C)OC(COC)C4)cc32)CC1(F)F.[HH]. The molecule has 5 rings (SSSR count). The Balaban J connectivity index is 0.00000353. The Kier molecular flexibility index (Phi) is 7.83. The second kappa shape index (κ2) is 11.1. The number of anilines is 4. The predicted molar refractivity (Wildman–Crippen MR) is 143 cm³/mol. The number of morpholine rings is 1. The summed E-state index contributed by atoms with van der Waals surface area (Å²) in [6.07, 6.45) is 0.477. The van der Waals surface area contributed by atoms with Gasteiger partial charge in [0, 0.05) is 58.0 Å². The smallest absolute Gasteiger partial charge is 0.274 e. The molecular formula is C28H38F2N4O4. The summed E-state index contributed by atoms with van der Waals surface area (Å²) in [7, 11) is 1.65. The number of fused-ring (bicyclic) bond motifs is 2. The number of ether oxygens (including phenoxy) is 3. The number of carbonyl (C=O) groups excluding carboxylic acids is 1. The lowest BCUT2D eigenvalue weighted by molar-refractivity contribution is -0.170. The fourth-order valence-corrected chi connectivity index (χ4v) is 5.80. The minimum Gasteiger partial charge on any atom is -0.382 e. The van der Waals surface area contributed by atoms with Crippen molar-refractivity contribution in [3.8, 4) is 0 Å². The molecule has 0 radical (unpaired) electrons. The van der Waals surface area contributed by atoms with Crippen LogP contribution in [-0.2, 0) is 25.5 Å². The number of carbonyl (C=O) groups is 1. The number of aromatic nitrogens is 1. The van der Waals surface area contributed by atoms with Crippen molar-refractivity contribution in [2.45, 2.75) is 63.9 Å². The molecule has 1 N–H and O–H groups in total. The van der Waals surface area contributed by atoms with E-state index in [1.165, 1.54) is 0 Å². The molecule has 1 aromatic carbocycles. The summed E-state index contributed by atoms with van der Waals surface area (Å²) >= 11 is 0. The maximum Gasteiger partial charge on any atom is 0.274 e. The minimum absolute atomic E-state index is 0. The van der Waals surface area contributed by atoms with E-state index in [1.54, 1.807) is 25.1 Å². The lowest BCUT2D eigenvalue weighted by Gasteiger charge is -2.39. The fraction of sp³-hybridized carbons (Fsp3) is 0.571. The molecule has 2 fully saturated rings. The summed E-state index contributed by atoms with van der Waals surface area (Å²) in [5.41, 5.74) is 3.13. The Bertz CT molecular complexity index is 1160. The number of rotatable bonds is 6. The molecule has 8 nitrogen and oxygen atoms in total. The number of amides is 1. The van der Waals surface area contributed by atoms with Gasteiger partial charge < -0.3 is 29.3 Å². The quantitative estimate of drug-likeness (QED) is 0.561. The largest absolute Gasteiger partial charge is 0.382 e. The lowest BCUT2D eigenvalue weighted by atomic mass is 9.83. The first-order valence-corrected chi connectivity index (χ1v) is 13.3. The van der Waals surface area contributed by atoms with Crippen molar-refractivity contribution in [3.63, 3.8) is 0 Å². The highest BCUT2D eigenvalue weighted by Crippen LogP contribution is 2.43. The highest BCUT2D eigenvalue weighted by atomic mass is 19.3. The molecule has 1 amide bonds. The third-order valence-electron chi connectivity index (χ3n) is 7.54. The van der Waals surface area contributed by atoms with Crippen LogP contribution in [0.2, 0.25) is 0 Å². The van der Waals surface area contributed by atoms with Crippen LogP contribution in [-0.4, -0.2) is 68.5 Å². The zero-order chi connectivity index (χ0) is 26.9. The standard InChI is InChI=1S/C28H36F2N4O4.H2/c1-4-37-25-10-7-19(13-28(25,29)30)27(35)34-15-20-6-5-11-31-26(20)32-23-9-8-21(12-24(23)34)33-14-18(2)38-22(16-33)17-36-3;/h5-6,8-9,11-12,18-19,22,25H,4,7,10,13-17H2,1-3H3,(H,31,32);1H/t18?,19-,22?,25+;/m1./s1. The Morgan fingerprint density at radius 1 is 1.29 bits per heavy atom. The molecule has 2 aromatic rings. The second-order valence-electron chi connectivity index (χ2n) is 10.4. The van der Waals surface area contributed by atoms with E-state index in [2.05, 4.69) is 15.2 Å². The number of methoxy groups -OCH3 is 1. The summed E-state index contributed by atoms with van der Waals surface area (Å²) in [5.74, 6) is -3.50. The van der Waals surface area contributed by atoms with Gasteiger partial charge in [-0.2, -0.15) is 0 Å². The number of alkyl halides is 2. The normalized spacial score (nSPS) is 26.7. The first-order valence-electron chi connectivity index (χ1n) is 13.3. The van der Waals surface area contributed by atoms with Crippen LogP contribution in [0.4, 0.5) is 31.7 Å². The van der Waals surface area contributed by atoms with E-state index in [9.17, 15) is 13.6 Å². The van der Waals surface area contributed by atoms with Gasteiger partial charge in [0.15, 0.2) is 0 Å². The summed E-state index contributed by atoms with van der Waals surface area (Å²) in [6, 6.07) is 9.63. The Morgan fingerprint density at radius 2 is 2.13 bits per heavy atom. The highest BCUT2D eigenvalue weighted by Gasteiger charge is 2.48. The van der Waals surface area contributed by atoms with Crippen molar-refractivity contribution in [2.24, 2.45) is 5.92 Å². The third-order valence-corrected chi connectivity index (χ3v) is 7.54. The van der Waals surface area contributed by atoms with Crippen LogP contribution in [0.3, 0.4) is 0 Å². The van der Waals surface area contributed by atoms with Crippen molar-refractivity contribution in [3.05, 3.63) is 42.1 Å². The molecule has 10 heteroatoms. The number of halogens is 2. The van der Waals surface area contributed by atoms with Crippen LogP contribution in [0.1, 0.15) is 40.1 Å². The Morgan fingerprint density at radius 3 is 2.89 bits per heavy atom. The average molecular weight is 533 g/mol. The molecule has 1 aromatic heterocycles. The summed E-state index contributed by atoms with van der Waals surface area (Å²) in [4.78, 5) is 22.3. The molecule has 1 aliphatic carbocycles. The van der Waals surface area contributed by atoms with E-state index in [-0.39, 0.29) is 39.1 Å². The second-order valence-corrected chi connectivity index (χ2v) is 10.4. The zero-order valence-corrected chi connectivity index (χ0v) is 22.2. The van der Waals surface area contributed by atoms with Gasteiger partial charge in [-0.3, -0.25) is 4.79 Å². The van der Waals surface area contributed by atoms with Crippen molar-refractivity contribution in [1.82, 2.24) is 4.98 Å². The molecule has 0 spiro atoms. The maximum absolute atomic E-state index is 14.9. The van der Waals surface area contributed by atoms with E-state index in [0.717, 1.165) is 11.3 Å². The van der Waals surface area contributed by atoms with Gasteiger partial charge in [-0.25, -0.2) is 13.8 Å². The molecule has 1 saturated heterocycles. The van der Waals surface area contributed by atoms with Crippen LogP contribution in [0.5, 0.6) is 0 Å². The number of nitrogens with zero attached hydrogens (tertiary/aromatic N) is 3. The molecule has 3 aliphatic rings. The lowest BCUT2D eigenvalue weighted by Crippen LogP contribution is -2.48. The number of hydrogen-bond acceptors (Lipinski definition) is 7. The first kappa shape index (κ1) is 26.8. The molecule has 0 bridgehead atoms. The van der Waals surface area contributed by atoms with E-state index in [0.29, 0.717) is 43.3 Å². The fourth-order valence-electron chi connectivity index (χ4n) is 5.80. The van der Waals surface area contributed by atoms with Gasteiger partial charge in [-0.05, 0) is 51.0 Å².